The summed E-state index contributed by atoms with van der Waals surface area (Å²) in [5.74, 6) is 0.170. The minimum atomic E-state index is 0.109. The summed E-state index contributed by atoms with van der Waals surface area (Å²) < 4.78 is 12.1. The van der Waals surface area contributed by atoms with Crippen molar-refractivity contribution in [2.45, 2.75) is 63.5 Å². The molecule has 0 aromatic heterocycles. The maximum absolute atomic E-state index is 12.2. The van der Waals surface area contributed by atoms with Gasteiger partial charge in [-0.05, 0) is 44.9 Å². The van der Waals surface area contributed by atoms with Gasteiger partial charge in [-0.2, -0.15) is 0 Å². The number of carbonyl (C=O) groups is 1. The second kappa shape index (κ2) is 7.30. The maximum Gasteiger partial charge on any atom is 0.248 e. The fourth-order valence-electron chi connectivity index (χ4n) is 5.00. The van der Waals surface area contributed by atoms with E-state index in [9.17, 15) is 4.79 Å². The molecule has 0 bridgehead atoms. The maximum atomic E-state index is 12.2. The van der Waals surface area contributed by atoms with E-state index < -0.39 is 0 Å². The van der Waals surface area contributed by atoms with E-state index in [0.717, 1.165) is 58.0 Å². The van der Waals surface area contributed by atoms with E-state index in [1.807, 2.05) is 4.90 Å². The summed E-state index contributed by atoms with van der Waals surface area (Å²) in [5, 5.41) is 0. The van der Waals surface area contributed by atoms with Crippen LogP contribution in [-0.2, 0) is 14.3 Å². The summed E-state index contributed by atoms with van der Waals surface area (Å²) >= 11 is 0. The number of carbonyl (C=O) groups excluding carboxylic acids is 1. The molecule has 136 valence electrons. The number of hydrogen-bond donors (Lipinski definition) is 0. The Kier molecular flexibility index (Phi) is 5.11. The molecule has 0 unspecified atom stereocenters. The minimum absolute atomic E-state index is 0.109. The van der Waals surface area contributed by atoms with Crippen molar-refractivity contribution in [3.63, 3.8) is 0 Å². The van der Waals surface area contributed by atoms with Crippen LogP contribution in [0.25, 0.3) is 0 Å². The molecule has 3 heterocycles. The minimum Gasteiger partial charge on any atom is -0.377 e. The predicted molar refractivity (Wildman–Crippen MR) is 91.9 cm³/mol. The molecule has 0 aromatic carbocycles. The molecule has 0 N–H and O–H groups in total. The van der Waals surface area contributed by atoms with Crippen molar-refractivity contribution in [3.8, 4) is 0 Å². The average Bonchev–Trinajstić information content (AvgIpc) is 3.07. The van der Waals surface area contributed by atoms with Gasteiger partial charge in [-0.3, -0.25) is 9.69 Å². The number of amides is 1. The number of hydrogen-bond acceptors (Lipinski definition) is 4. The first-order valence-corrected chi connectivity index (χ1v) is 9.98. The van der Waals surface area contributed by atoms with E-state index >= 15 is 0 Å². The summed E-state index contributed by atoms with van der Waals surface area (Å²) in [6.07, 6.45) is 10.1. The van der Waals surface area contributed by atoms with Crippen LogP contribution in [0.5, 0.6) is 0 Å². The lowest BCUT2D eigenvalue weighted by molar-refractivity contribution is -0.165. The topological polar surface area (TPSA) is 42.0 Å². The summed E-state index contributed by atoms with van der Waals surface area (Å²) in [4.78, 5) is 16.9. The highest BCUT2D eigenvalue weighted by molar-refractivity contribution is 5.77. The van der Waals surface area contributed by atoms with Gasteiger partial charge in [-0.25, -0.2) is 0 Å². The molecule has 4 fully saturated rings. The Bertz CT molecular complexity index is 448. The molecular weight excluding hydrogens is 304 g/mol. The van der Waals surface area contributed by atoms with Gasteiger partial charge in [-0.1, -0.05) is 6.42 Å². The Balaban J connectivity index is 1.34. The summed E-state index contributed by atoms with van der Waals surface area (Å²) in [6, 6.07) is 0.788. The first-order chi connectivity index (χ1) is 11.8. The van der Waals surface area contributed by atoms with Gasteiger partial charge in [0.05, 0.1) is 12.7 Å². The van der Waals surface area contributed by atoms with Crippen LogP contribution in [0.4, 0.5) is 0 Å². The smallest absolute Gasteiger partial charge is 0.248 e. The quantitative estimate of drug-likeness (QED) is 0.771. The van der Waals surface area contributed by atoms with Crippen LogP contribution in [-0.4, -0.2) is 73.9 Å². The standard InChI is InChI=1S/C19H32N2O3/c22-18(20-9-1-2-10-20)13-23-15-19-8-4-12-24-17(19)7-11-21(14-19)16-5-3-6-16/h16-17H,1-15H2/t17-,19-/m0/s1. The zero-order valence-corrected chi connectivity index (χ0v) is 14.9. The highest BCUT2D eigenvalue weighted by atomic mass is 16.5. The van der Waals surface area contributed by atoms with E-state index in [-0.39, 0.29) is 17.9 Å². The van der Waals surface area contributed by atoms with Crippen LogP contribution in [0.1, 0.15) is 51.4 Å². The molecule has 2 atom stereocenters. The summed E-state index contributed by atoms with van der Waals surface area (Å²) in [5.41, 5.74) is 0.109. The molecule has 0 aromatic rings. The second-order valence-corrected chi connectivity index (χ2v) is 8.25. The van der Waals surface area contributed by atoms with Gasteiger partial charge in [0.15, 0.2) is 0 Å². The number of rotatable bonds is 5. The fourth-order valence-corrected chi connectivity index (χ4v) is 5.00. The molecule has 4 aliphatic rings. The van der Waals surface area contributed by atoms with Crippen LogP contribution in [0.2, 0.25) is 0 Å². The van der Waals surface area contributed by atoms with Gasteiger partial charge in [0.1, 0.15) is 6.61 Å². The van der Waals surface area contributed by atoms with Crippen molar-refractivity contribution in [1.29, 1.82) is 0 Å². The van der Waals surface area contributed by atoms with Crippen LogP contribution in [0.3, 0.4) is 0 Å². The molecule has 24 heavy (non-hydrogen) atoms. The zero-order valence-electron chi connectivity index (χ0n) is 14.9. The van der Waals surface area contributed by atoms with E-state index in [2.05, 4.69) is 4.90 Å². The molecule has 0 spiro atoms. The molecule has 4 rings (SSSR count). The second-order valence-electron chi connectivity index (χ2n) is 8.25. The van der Waals surface area contributed by atoms with Crippen LogP contribution in [0.15, 0.2) is 0 Å². The van der Waals surface area contributed by atoms with Crippen molar-refractivity contribution in [2.24, 2.45) is 5.41 Å². The predicted octanol–water partition coefficient (Wildman–Crippen LogP) is 2.05. The first kappa shape index (κ1) is 16.8. The Morgan fingerprint density at radius 1 is 1.08 bits per heavy atom. The third kappa shape index (κ3) is 3.35. The lowest BCUT2D eigenvalue weighted by Crippen LogP contribution is -2.59. The molecule has 3 saturated heterocycles. The third-order valence-electron chi connectivity index (χ3n) is 6.68. The van der Waals surface area contributed by atoms with Gasteiger partial charge in [-0.15, -0.1) is 0 Å². The van der Waals surface area contributed by atoms with Crippen molar-refractivity contribution in [3.05, 3.63) is 0 Å². The molecule has 1 aliphatic carbocycles. The fraction of sp³-hybridized carbons (Fsp3) is 0.947. The molecular formula is C19H32N2O3. The van der Waals surface area contributed by atoms with Gasteiger partial charge in [0.25, 0.3) is 0 Å². The third-order valence-corrected chi connectivity index (χ3v) is 6.68. The van der Waals surface area contributed by atoms with Crippen molar-refractivity contribution >= 4 is 5.91 Å². The molecule has 0 radical (unpaired) electrons. The first-order valence-electron chi connectivity index (χ1n) is 9.98. The zero-order chi connectivity index (χ0) is 16.4. The van der Waals surface area contributed by atoms with Crippen LogP contribution < -0.4 is 0 Å². The van der Waals surface area contributed by atoms with E-state index in [0.29, 0.717) is 12.7 Å². The Morgan fingerprint density at radius 3 is 2.67 bits per heavy atom. The number of piperidine rings is 1. The number of ether oxygens (including phenoxy) is 2. The van der Waals surface area contributed by atoms with Crippen molar-refractivity contribution < 1.29 is 14.3 Å². The Morgan fingerprint density at radius 2 is 1.92 bits per heavy atom. The Hall–Kier alpha value is -0.650. The number of fused-ring (bicyclic) bond motifs is 1. The molecule has 1 saturated carbocycles. The van der Waals surface area contributed by atoms with Crippen molar-refractivity contribution in [2.75, 3.05) is 46.0 Å². The normalized spacial score (nSPS) is 34.8. The van der Waals surface area contributed by atoms with E-state index in [1.54, 1.807) is 0 Å². The largest absolute Gasteiger partial charge is 0.377 e. The summed E-state index contributed by atoms with van der Waals surface area (Å²) in [7, 11) is 0. The Labute approximate surface area is 145 Å². The van der Waals surface area contributed by atoms with Crippen LogP contribution >= 0.6 is 0 Å². The van der Waals surface area contributed by atoms with Crippen LogP contribution in [0, 0.1) is 5.41 Å². The molecule has 1 amide bonds. The molecule has 5 nitrogen and oxygen atoms in total. The lowest BCUT2D eigenvalue weighted by Gasteiger charge is -2.53. The number of nitrogens with zero attached hydrogens (tertiary/aromatic N) is 2. The lowest BCUT2D eigenvalue weighted by atomic mass is 9.72. The molecule has 5 heteroatoms. The van der Waals surface area contributed by atoms with E-state index in [1.165, 1.54) is 32.2 Å². The monoisotopic (exact) mass is 336 g/mol. The van der Waals surface area contributed by atoms with E-state index in [4.69, 9.17) is 9.47 Å². The SMILES string of the molecule is O=C(COC[C@@]12CCCO[C@H]1CCN(C1CCC1)C2)N1CCCC1. The van der Waals surface area contributed by atoms with Gasteiger partial charge in [0, 0.05) is 44.2 Å². The van der Waals surface area contributed by atoms with Gasteiger partial charge in [0.2, 0.25) is 5.91 Å². The van der Waals surface area contributed by atoms with Gasteiger partial charge < -0.3 is 14.4 Å². The average molecular weight is 336 g/mol. The summed E-state index contributed by atoms with van der Waals surface area (Å²) in [6.45, 7) is 5.91. The molecule has 3 aliphatic heterocycles. The highest BCUT2D eigenvalue weighted by Gasteiger charge is 2.47. The highest BCUT2D eigenvalue weighted by Crippen LogP contribution is 2.42. The number of likely N-dealkylation sites (tertiary alicyclic amines) is 2. The van der Waals surface area contributed by atoms with Gasteiger partial charge >= 0.3 is 0 Å². The van der Waals surface area contributed by atoms with Crippen molar-refractivity contribution in [1.82, 2.24) is 9.80 Å².